The van der Waals surface area contributed by atoms with Crippen LogP contribution in [0.1, 0.15) is 39.0 Å². The Kier molecular flexibility index (Phi) is 3.78. The Labute approximate surface area is 120 Å². The zero-order valence-corrected chi connectivity index (χ0v) is 12.1. The number of hydrogen-bond acceptors (Lipinski definition) is 5. The Hall–Kier alpha value is -1.36. The molecule has 0 amide bonds. The maximum atomic E-state index is 10.7. The van der Waals surface area contributed by atoms with Crippen LogP contribution < -0.4 is 9.64 Å². The van der Waals surface area contributed by atoms with Gasteiger partial charge in [-0.25, -0.2) is 0 Å². The van der Waals surface area contributed by atoms with Crippen LogP contribution in [0.3, 0.4) is 0 Å². The van der Waals surface area contributed by atoms with Gasteiger partial charge in [0, 0.05) is 19.0 Å². The topological polar surface area (TPSA) is 58.5 Å². The van der Waals surface area contributed by atoms with Gasteiger partial charge in [0.25, 0.3) is 0 Å². The molecular weight excluding hydrogens is 254 g/mol. The Morgan fingerprint density at radius 1 is 1.40 bits per heavy atom. The van der Waals surface area contributed by atoms with Gasteiger partial charge < -0.3 is 14.7 Å². The number of ether oxygens (including phenoxy) is 1. The van der Waals surface area contributed by atoms with Gasteiger partial charge in [-0.2, -0.15) is 4.98 Å². The van der Waals surface area contributed by atoms with Gasteiger partial charge in [-0.3, -0.25) is 4.98 Å². The van der Waals surface area contributed by atoms with Crippen LogP contribution in [0.4, 0.5) is 5.82 Å². The zero-order chi connectivity index (χ0) is 14.0. The third-order valence-corrected chi connectivity index (χ3v) is 4.64. The van der Waals surface area contributed by atoms with Gasteiger partial charge in [-0.15, -0.1) is 0 Å². The van der Waals surface area contributed by atoms with E-state index in [2.05, 4.69) is 14.9 Å². The first-order valence-corrected chi connectivity index (χ1v) is 7.63. The zero-order valence-electron chi connectivity index (χ0n) is 12.1. The Balaban J connectivity index is 1.74. The predicted octanol–water partition coefficient (Wildman–Crippen LogP) is 2.01. The molecule has 5 heteroatoms. The van der Waals surface area contributed by atoms with Crippen molar-refractivity contribution in [1.82, 2.24) is 9.97 Å². The third kappa shape index (κ3) is 2.59. The second kappa shape index (κ2) is 5.56. The molecule has 20 heavy (non-hydrogen) atoms. The summed E-state index contributed by atoms with van der Waals surface area (Å²) in [6.45, 7) is 4.26. The third-order valence-electron chi connectivity index (χ3n) is 4.64. The largest absolute Gasteiger partial charge is 0.477 e. The molecule has 2 fully saturated rings. The van der Waals surface area contributed by atoms with Crippen LogP contribution >= 0.6 is 0 Å². The van der Waals surface area contributed by atoms with Crippen molar-refractivity contribution >= 4 is 5.82 Å². The van der Waals surface area contributed by atoms with Crippen molar-refractivity contribution in [2.45, 2.75) is 44.6 Å². The molecule has 2 heterocycles. The molecule has 1 aliphatic carbocycles. The van der Waals surface area contributed by atoms with Crippen LogP contribution in [-0.4, -0.2) is 40.4 Å². The SMILES string of the molecule is CCOc1cncc(N2CCC3(O)CCCCC3C2)n1. The minimum atomic E-state index is -0.445. The van der Waals surface area contributed by atoms with E-state index in [1.54, 1.807) is 12.4 Å². The molecule has 2 unspecified atom stereocenters. The first-order chi connectivity index (χ1) is 9.71. The van der Waals surface area contributed by atoms with Crippen LogP contribution in [0, 0.1) is 5.92 Å². The minimum absolute atomic E-state index is 0.363. The van der Waals surface area contributed by atoms with Crippen molar-refractivity contribution in [2.24, 2.45) is 5.92 Å². The van der Waals surface area contributed by atoms with Crippen LogP contribution in [0.15, 0.2) is 12.4 Å². The molecular formula is C15H23N3O2. The average Bonchev–Trinajstić information content (AvgIpc) is 2.47. The van der Waals surface area contributed by atoms with Crippen LogP contribution in [0.5, 0.6) is 5.88 Å². The second-order valence-corrected chi connectivity index (χ2v) is 5.89. The highest BCUT2D eigenvalue weighted by molar-refractivity contribution is 5.39. The number of hydrogen-bond donors (Lipinski definition) is 1. The van der Waals surface area contributed by atoms with Gasteiger partial charge in [-0.1, -0.05) is 12.8 Å². The normalized spacial score (nSPS) is 29.9. The molecule has 2 aliphatic rings. The van der Waals surface area contributed by atoms with E-state index in [0.717, 1.165) is 44.6 Å². The summed E-state index contributed by atoms with van der Waals surface area (Å²) in [5.74, 6) is 1.81. The Morgan fingerprint density at radius 2 is 2.30 bits per heavy atom. The summed E-state index contributed by atoms with van der Waals surface area (Å²) in [6, 6.07) is 0. The number of nitrogens with zero attached hydrogens (tertiary/aromatic N) is 3. The molecule has 1 aliphatic heterocycles. The van der Waals surface area contributed by atoms with E-state index in [1.165, 1.54) is 6.42 Å². The van der Waals surface area contributed by atoms with Gasteiger partial charge in [0.05, 0.1) is 24.6 Å². The number of rotatable bonds is 3. The number of aromatic nitrogens is 2. The Bertz CT molecular complexity index is 468. The van der Waals surface area contributed by atoms with Gasteiger partial charge in [0.15, 0.2) is 5.82 Å². The molecule has 110 valence electrons. The van der Waals surface area contributed by atoms with Crippen LogP contribution in [-0.2, 0) is 0 Å². The van der Waals surface area contributed by atoms with Crippen molar-refractivity contribution < 1.29 is 9.84 Å². The van der Waals surface area contributed by atoms with Gasteiger partial charge in [0.2, 0.25) is 5.88 Å². The maximum Gasteiger partial charge on any atom is 0.234 e. The highest BCUT2D eigenvalue weighted by Crippen LogP contribution is 2.40. The second-order valence-electron chi connectivity index (χ2n) is 5.89. The van der Waals surface area contributed by atoms with Crippen molar-refractivity contribution in [3.05, 3.63) is 12.4 Å². The van der Waals surface area contributed by atoms with E-state index in [0.29, 0.717) is 18.4 Å². The summed E-state index contributed by atoms with van der Waals surface area (Å²) in [5, 5.41) is 10.7. The maximum absolute atomic E-state index is 10.7. The fraction of sp³-hybridized carbons (Fsp3) is 0.733. The van der Waals surface area contributed by atoms with E-state index < -0.39 is 5.60 Å². The van der Waals surface area contributed by atoms with E-state index in [-0.39, 0.29) is 0 Å². The lowest BCUT2D eigenvalue weighted by molar-refractivity contribution is -0.0613. The molecule has 0 aromatic carbocycles. The minimum Gasteiger partial charge on any atom is -0.477 e. The molecule has 1 N–H and O–H groups in total. The van der Waals surface area contributed by atoms with Crippen LogP contribution in [0.2, 0.25) is 0 Å². The molecule has 0 radical (unpaired) electrons. The smallest absolute Gasteiger partial charge is 0.234 e. The van der Waals surface area contributed by atoms with Gasteiger partial charge in [-0.05, 0) is 26.2 Å². The highest BCUT2D eigenvalue weighted by atomic mass is 16.5. The number of piperidine rings is 1. The molecule has 5 nitrogen and oxygen atoms in total. The first-order valence-electron chi connectivity index (χ1n) is 7.63. The van der Waals surface area contributed by atoms with Crippen LogP contribution in [0.25, 0.3) is 0 Å². The number of fused-ring (bicyclic) bond motifs is 1. The standard InChI is InChI=1S/C15H23N3O2/c1-2-20-14-10-16-9-13(17-14)18-8-7-15(19)6-4-3-5-12(15)11-18/h9-10,12,19H,2-8,11H2,1H3. The predicted molar refractivity (Wildman–Crippen MR) is 76.9 cm³/mol. The average molecular weight is 277 g/mol. The summed E-state index contributed by atoms with van der Waals surface area (Å²) in [7, 11) is 0. The summed E-state index contributed by atoms with van der Waals surface area (Å²) in [4.78, 5) is 11.0. The van der Waals surface area contributed by atoms with Gasteiger partial charge >= 0.3 is 0 Å². The first kappa shape index (κ1) is 13.6. The summed E-state index contributed by atoms with van der Waals surface area (Å²) < 4.78 is 5.41. The monoisotopic (exact) mass is 277 g/mol. The van der Waals surface area contributed by atoms with E-state index in [9.17, 15) is 5.11 Å². The quantitative estimate of drug-likeness (QED) is 0.916. The van der Waals surface area contributed by atoms with Crippen molar-refractivity contribution in [1.29, 1.82) is 0 Å². The van der Waals surface area contributed by atoms with E-state index in [4.69, 9.17) is 4.74 Å². The molecule has 3 rings (SSSR count). The molecule has 2 atom stereocenters. The molecule has 1 aromatic rings. The van der Waals surface area contributed by atoms with E-state index >= 15 is 0 Å². The fourth-order valence-electron chi connectivity index (χ4n) is 3.49. The lowest BCUT2D eigenvalue weighted by Crippen LogP contribution is -2.53. The van der Waals surface area contributed by atoms with E-state index in [1.807, 2.05) is 6.92 Å². The lowest BCUT2D eigenvalue weighted by Gasteiger charge is -2.47. The summed E-state index contributed by atoms with van der Waals surface area (Å²) in [5.41, 5.74) is -0.445. The highest BCUT2D eigenvalue weighted by Gasteiger charge is 2.43. The fourth-order valence-corrected chi connectivity index (χ4v) is 3.49. The van der Waals surface area contributed by atoms with Crippen molar-refractivity contribution in [3.63, 3.8) is 0 Å². The molecule has 1 saturated heterocycles. The number of anilines is 1. The molecule has 1 saturated carbocycles. The summed E-state index contributed by atoms with van der Waals surface area (Å²) in [6.07, 6.45) is 8.72. The molecule has 0 bridgehead atoms. The molecule has 1 aromatic heterocycles. The Morgan fingerprint density at radius 3 is 3.15 bits per heavy atom. The van der Waals surface area contributed by atoms with Gasteiger partial charge in [0.1, 0.15) is 0 Å². The van der Waals surface area contributed by atoms with Crippen molar-refractivity contribution in [2.75, 3.05) is 24.6 Å². The molecule has 0 spiro atoms. The lowest BCUT2D eigenvalue weighted by atomic mass is 9.71. The van der Waals surface area contributed by atoms with Crippen molar-refractivity contribution in [3.8, 4) is 5.88 Å². The number of aliphatic hydroxyl groups is 1. The summed E-state index contributed by atoms with van der Waals surface area (Å²) >= 11 is 0.